The summed E-state index contributed by atoms with van der Waals surface area (Å²) in [4.78, 5) is 38.3. The lowest BCUT2D eigenvalue weighted by atomic mass is 10.1. The van der Waals surface area contributed by atoms with Crippen molar-refractivity contribution in [1.82, 2.24) is 10.2 Å². The summed E-state index contributed by atoms with van der Waals surface area (Å²) < 4.78 is 6.39. The van der Waals surface area contributed by atoms with Gasteiger partial charge in [-0.05, 0) is 66.4 Å². The molecule has 1 aliphatic carbocycles. The van der Waals surface area contributed by atoms with Gasteiger partial charge in [-0.15, -0.1) is 0 Å². The van der Waals surface area contributed by atoms with E-state index in [1.807, 2.05) is 13.8 Å². The first-order valence-electron chi connectivity index (χ1n) is 8.73. The van der Waals surface area contributed by atoms with E-state index in [2.05, 4.69) is 21.2 Å². The molecule has 4 amide bonds. The van der Waals surface area contributed by atoms with Crippen LogP contribution >= 0.6 is 15.9 Å². The Labute approximate surface area is 160 Å². The van der Waals surface area contributed by atoms with Crippen molar-refractivity contribution in [1.29, 1.82) is 0 Å². The van der Waals surface area contributed by atoms with Crippen LogP contribution < -0.4 is 10.1 Å². The molecule has 1 saturated carbocycles. The van der Waals surface area contributed by atoms with Crippen LogP contribution in [0.1, 0.15) is 45.1 Å². The summed E-state index contributed by atoms with van der Waals surface area (Å²) >= 11 is 3.44. The van der Waals surface area contributed by atoms with E-state index in [-0.39, 0.29) is 17.7 Å². The zero-order valence-corrected chi connectivity index (χ0v) is 16.3. The van der Waals surface area contributed by atoms with Gasteiger partial charge in [-0.25, -0.2) is 4.79 Å². The van der Waals surface area contributed by atoms with Crippen LogP contribution in [0.3, 0.4) is 0 Å². The second-order valence-electron chi connectivity index (χ2n) is 6.79. The molecular weight excluding hydrogens is 400 g/mol. The van der Waals surface area contributed by atoms with E-state index in [0.29, 0.717) is 11.3 Å². The highest BCUT2D eigenvalue weighted by Gasteiger charge is 2.40. The molecule has 1 saturated heterocycles. The van der Waals surface area contributed by atoms with E-state index >= 15 is 0 Å². The highest BCUT2D eigenvalue weighted by atomic mass is 79.9. The van der Waals surface area contributed by atoms with Crippen LogP contribution in [0.5, 0.6) is 5.75 Å². The van der Waals surface area contributed by atoms with Crippen molar-refractivity contribution in [3.05, 3.63) is 33.8 Å². The third-order valence-electron chi connectivity index (χ3n) is 4.45. The molecule has 0 atom stereocenters. The van der Waals surface area contributed by atoms with Crippen LogP contribution in [-0.4, -0.2) is 34.9 Å². The molecule has 0 radical (unpaired) electrons. The molecule has 1 aromatic carbocycles. The van der Waals surface area contributed by atoms with Crippen molar-refractivity contribution in [3.63, 3.8) is 0 Å². The number of barbiturate groups is 1. The molecule has 138 valence electrons. The van der Waals surface area contributed by atoms with Gasteiger partial charge in [0.2, 0.25) is 0 Å². The number of carbonyl (C=O) groups is 3. The lowest BCUT2D eigenvalue weighted by Crippen LogP contribution is -2.57. The number of hydrogen-bond acceptors (Lipinski definition) is 4. The maximum atomic E-state index is 12.8. The number of hydrogen-bond donors (Lipinski definition) is 1. The van der Waals surface area contributed by atoms with Crippen molar-refractivity contribution >= 4 is 39.9 Å². The first-order chi connectivity index (χ1) is 12.4. The Morgan fingerprint density at radius 2 is 1.92 bits per heavy atom. The van der Waals surface area contributed by atoms with Gasteiger partial charge in [0.05, 0.1) is 10.6 Å². The van der Waals surface area contributed by atoms with E-state index in [1.54, 1.807) is 18.2 Å². The standard InChI is InChI=1S/C19H21BrN2O4/c1-11(2)26-16-8-7-12(10-15(16)20)9-14-17(23)21-19(25)22(18(14)24)13-5-3-4-6-13/h7-11,13H,3-6H2,1-2H3,(H,21,23,25)/b14-9+. The summed E-state index contributed by atoms with van der Waals surface area (Å²) in [5.41, 5.74) is 0.646. The monoisotopic (exact) mass is 420 g/mol. The van der Waals surface area contributed by atoms with Gasteiger partial charge in [-0.2, -0.15) is 0 Å². The summed E-state index contributed by atoms with van der Waals surface area (Å²) in [6.45, 7) is 3.87. The Balaban J connectivity index is 1.88. The van der Waals surface area contributed by atoms with Gasteiger partial charge in [-0.3, -0.25) is 19.8 Å². The zero-order valence-electron chi connectivity index (χ0n) is 14.8. The molecule has 2 fully saturated rings. The van der Waals surface area contributed by atoms with Crippen LogP contribution in [0.2, 0.25) is 0 Å². The second kappa shape index (κ2) is 7.61. The first kappa shape index (κ1) is 18.6. The Morgan fingerprint density at radius 1 is 1.23 bits per heavy atom. The summed E-state index contributed by atoms with van der Waals surface area (Å²) in [7, 11) is 0. The van der Waals surface area contributed by atoms with Gasteiger partial charge in [0, 0.05) is 6.04 Å². The lowest BCUT2D eigenvalue weighted by Gasteiger charge is -2.31. The minimum atomic E-state index is -0.659. The van der Waals surface area contributed by atoms with E-state index in [4.69, 9.17) is 4.74 Å². The van der Waals surface area contributed by atoms with Gasteiger partial charge in [0.15, 0.2) is 0 Å². The van der Waals surface area contributed by atoms with E-state index in [9.17, 15) is 14.4 Å². The number of nitrogens with zero attached hydrogens (tertiary/aromatic N) is 1. The Kier molecular flexibility index (Phi) is 5.46. The average Bonchev–Trinajstić information content (AvgIpc) is 3.07. The zero-order chi connectivity index (χ0) is 18.8. The molecule has 1 N–H and O–H groups in total. The van der Waals surface area contributed by atoms with Crippen molar-refractivity contribution in [2.75, 3.05) is 0 Å². The third-order valence-corrected chi connectivity index (χ3v) is 5.07. The van der Waals surface area contributed by atoms with Crippen LogP contribution in [0, 0.1) is 0 Å². The lowest BCUT2D eigenvalue weighted by molar-refractivity contribution is -0.131. The number of rotatable bonds is 4. The van der Waals surface area contributed by atoms with Crippen LogP contribution in [0.25, 0.3) is 6.08 Å². The fourth-order valence-corrected chi connectivity index (χ4v) is 3.78. The fraction of sp³-hybridized carbons (Fsp3) is 0.421. The molecule has 2 aliphatic rings. The normalized spacial score (nSPS) is 20.2. The summed E-state index contributed by atoms with van der Waals surface area (Å²) in [5.74, 6) is -0.499. The smallest absolute Gasteiger partial charge is 0.331 e. The fourth-order valence-electron chi connectivity index (χ4n) is 3.29. The number of halogens is 1. The largest absolute Gasteiger partial charge is 0.490 e. The summed E-state index contributed by atoms with van der Waals surface area (Å²) in [6.07, 6.45) is 5.08. The van der Waals surface area contributed by atoms with Crippen LogP contribution in [0.15, 0.2) is 28.2 Å². The average molecular weight is 421 g/mol. The molecule has 6 nitrogen and oxygen atoms in total. The molecule has 3 rings (SSSR count). The van der Waals surface area contributed by atoms with Crippen LogP contribution in [-0.2, 0) is 9.59 Å². The number of imide groups is 2. The van der Waals surface area contributed by atoms with E-state index in [1.165, 1.54) is 11.0 Å². The Morgan fingerprint density at radius 3 is 2.54 bits per heavy atom. The molecule has 0 unspecified atom stereocenters. The minimum Gasteiger partial charge on any atom is -0.490 e. The maximum Gasteiger partial charge on any atom is 0.331 e. The topological polar surface area (TPSA) is 75.7 Å². The van der Waals surface area contributed by atoms with Crippen molar-refractivity contribution < 1.29 is 19.1 Å². The molecule has 26 heavy (non-hydrogen) atoms. The van der Waals surface area contributed by atoms with Crippen molar-refractivity contribution in [3.8, 4) is 5.75 Å². The SMILES string of the molecule is CC(C)Oc1ccc(/C=C2\C(=O)NC(=O)N(C3CCCC3)C2=O)cc1Br. The molecule has 1 aromatic rings. The molecule has 0 bridgehead atoms. The predicted molar refractivity (Wildman–Crippen MR) is 101 cm³/mol. The summed E-state index contributed by atoms with van der Waals surface area (Å²) in [5, 5.41) is 2.28. The predicted octanol–water partition coefficient (Wildman–Crippen LogP) is 3.64. The van der Waals surface area contributed by atoms with Gasteiger partial charge >= 0.3 is 6.03 Å². The number of carbonyl (C=O) groups excluding carboxylic acids is 3. The molecule has 1 heterocycles. The number of benzene rings is 1. The number of nitrogens with one attached hydrogen (secondary N) is 1. The third kappa shape index (κ3) is 3.82. The van der Waals surface area contributed by atoms with Crippen LogP contribution in [0.4, 0.5) is 4.79 Å². The first-order valence-corrected chi connectivity index (χ1v) is 9.53. The van der Waals surface area contributed by atoms with Gasteiger partial charge in [0.25, 0.3) is 11.8 Å². The quantitative estimate of drug-likeness (QED) is 0.595. The molecule has 0 aromatic heterocycles. The molecule has 0 spiro atoms. The second-order valence-corrected chi connectivity index (χ2v) is 7.64. The Bertz CT molecular complexity index is 782. The van der Waals surface area contributed by atoms with Crippen molar-refractivity contribution in [2.24, 2.45) is 0 Å². The maximum absolute atomic E-state index is 12.8. The van der Waals surface area contributed by atoms with Gasteiger partial charge in [-0.1, -0.05) is 18.9 Å². The van der Waals surface area contributed by atoms with Gasteiger partial charge < -0.3 is 4.74 Å². The number of amides is 4. The highest BCUT2D eigenvalue weighted by Crippen LogP contribution is 2.30. The van der Waals surface area contributed by atoms with E-state index in [0.717, 1.165) is 30.2 Å². The number of urea groups is 1. The highest BCUT2D eigenvalue weighted by molar-refractivity contribution is 9.10. The van der Waals surface area contributed by atoms with E-state index < -0.39 is 17.8 Å². The van der Waals surface area contributed by atoms with Gasteiger partial charge in [0.1, 0.15) is 11.3 Å². The Hall–Kier alpha value is -2.15. The molecule has 1 aliphatic heterocycles. The minimum absolute atomic E-state index is 0.0269. The number of ether oxygens (including phenoxy) is 1. The molecule has 7 heteroatoms. The van der Waals surface area contributed by atoms with Crippen molar-refractivity contribution in [2.45, 2.75) is 51.7 Å². The summed E-state index contributed by atoms with van der Waals surface area (Å²) in [6, 6.07) is 4.58. The molecular formula is C19H21BrN2O4.